The van der Waals surface area contributed by atoms with Gasteiger partial charge in [0.2, 0.25) is 0 Å². The van der Waals surface area contributed by atoms with Crippen LogP contribution in [0.5, 0.6) is 0 Å². The predicted molar refractivity (Wildman–Crippen MR) is 110 cm³/mol. The maximum absolute atomic E-state index is 13.0. The minimum Gasteiger partial charge on any atom is -0.321 e. The molecule has 1 heterocycles. The molecular formula is C21H14FN3O5S. The number of carbonyl (C=O) groups excluding carboxylic acids is 3. The fourth-order valence-electron chi connectivity index (χ4n) is 3.04. The zero-order valence-electron chi connectivity index (χ0n) is 15.7. The molecule has 0 aliphatic carbocycles. The molecule has 3 N–H and O–H groups in total. The highest BCUT2D eigenvalue weighted by Gasteiger charge is 2.29. The zero-order chi connectivity index (χ0) is 22.2. The number of hydrogen-bond acceptors (Lipinski definition) is 5. The lowest BCUT2D eigenvalue weighted by Crippen LogP contribution is -2.21. The molecule has 10 heteroatoms. The molecule has 0 fully saturated rings. The Bertz CT molecular complexity index is 1320. The molecule has 8 nitrogen and oxygen atoms in total. The average molecular weight is 439 g/mol. The van der Waals surface area contributed by atoms with Gasteiger partial charge in [0.05, 0.1) is 21.7 Å². The summed E-state index contributed by atoms with van der Waals surface area (Å²) in [6.07, 6.45) is 0. The molecule has 3 amide bonds. The van der Waals surface area contributed by atoms with Gasteiger partial charge < -0.3 is 5.32 Å². The topological polar surface area (TPSA) is 121 Å². The van der Waals surface area contributed by atoms with E-state index in [2.05, 4.69) is 15.4 Å². The number of halogens is 1. The summed E-state index contributed by atoms with van der Waals surface area (Å²) in [5.74, 6) is -2.23. The third-order valence-corrected chi connectivity index (χ3v) is 5.93. The molecule has 0 saturated carbocycles. The molecule has 156 valence electrons. The van der Waals surface area contributed by atoms with Crippen molar-refractivity contribution < 1.29 is 27.2 Å². The summed E-state index contributed by atoms with van der Waals surface area (Å²) in [5.41, 5.74) is 0.850. The van der Waals surface area contributed by atoms with Crippen LogP contribution in [0.3, 0.4) is 0 Å². The van der Waals surface area contributed by atoms with E-state index in [9.17, 15) is 27.2 Å². The summed E-state index contributed by atoms with van der Waals surface area (Å²) in [5, 5.41) is 4.75. The molecule has 31 heavy (non-hydrogen) atoms. The van der Waals surface area contributed by atoms with E-state index in [4.69, 9.17) is 0 Å². The van der Waals surface area contributed by atoms with Crippen LogP contribution >= 0.6 is 0 Å². The lowest BCUT2D eigenvalue weighted by Gasteiger charge is -2.10. The minimum absolute atomic E-state index is 0.0875. The van der Waals surface area contributed by atoms with Crippen molar-refractivity contribution in [3.05, 3.63) is 89.2 Å². The number of amides is 3. The molecule has 3 aromatic carbocycles. The van der Waals surface area contributed by atoms with Gasteiger partial charge >= 0.3 is 0 Å². The second kappa shape index (κ2) is 7.65. The Balaban J connectivity index is 1.50. The van der Waals surface area contributed by atoms with Gasteiger partial charge in [-0.15, -0.1) is 0 Å². The Labute approximate surface area is 176 Å². The first-order valence-corrected chi connectivity index (χ1v) is 10.4. The highest BCUT2D eigenvalue weighted by atomic mass is 32.2. The molecule has 0 unspecified atom stereocenters. The largest absolute Gasteiger partial charge is 0.321 e. The maximum atomic E-state index is 13.0. The molecule has 0 spiro atoms. The van der Waals surface area contributed by atoms with Crippen LogP contribution in [0.25, 0.3) is 0 Å². The summed E-state index contributed by atoms with van der Waals surface area (Å²) in [6, 6.07) is 14.4. The summed E-state index contributed by atoms with van der Waals surface area (Å²) in [7, 11) is -3.92. The van der Waals surface area contributed by atoms with Gasteiger partial charge in [-0.3, -0.25) is 24.4 Å². The number of hydrogen-bond donors (Lipinski definition) is 3. The molecule has 0 bridgehead atoms. The lowest BCUT2D eigenvalue weighted by molar-refractivity contribution is 0.0879. The normalized spacial score (nSPS) is 12.8. The number of anilines is 2. The Morgan fingerprint density at radius 3 is 2.23 bits per heavy atom. The Kier molecular flexibility index (Phi) is 4.99. The molecule has 0 saturated heterocycles. The molecule has 4 rings (SSSR count). The fourth-order valence-corrected chi connectivity index (χ4v) is 4.09. The number of sulfonamides is 1. The second-order valence-electron chi connectivity index (χ2n) is 6.60. The van der Waals surface area contributed by atoms with Gasteiger partial charge in [0.1, 0.15) is 5.82 Å². The molecule has 1 aliphatic rings. The van der Waals surface area contributed by atoms with Crippen LogP contribution in [-0.2, 0) is 10.0 Å². The van der Waals surface area contributed by atoms with E-state index < -0.39 is 33.6 Å². The van der Waals surface area contributed by atoms with Crippen molar-refractivity contribution in [2.24, 2.45) is 0 Å². The van der Waals surface area contributed by atoms with Crippen molar-refractivity contribution in [3.8, 4) is 0 Å². The number of rotatable bonds is 5. The van der Waals surface area contributed by atoms with Gasteiger partial charge in [0, 0.05) is 11.3 Å². The van der Waals surface area contributed by atoms with E-state index in [0.717, 1.165) is 24.3 Å². The van der Waals surface area contributed by atoms with Crippen LogP contribution < -0.4 is 15.4 Å². The number of imide groups is 1. The van der Waals surface area contributed by atoms with E-state index in [0.29, 0.717) is 0 Å². The Morgan fingerprint density at radius 1 is 0.871 bits per heavy atom. The highest BCUT2D eigenvalue weighted by molar-refractivity contribution is 7.92. The van der Waals surface area contributed by atoms with Crippen LogP contribution in [-0.4, -0.2) is 26.1 Å². The quantitative estimate of drug-likeness (QED) is 0.528. The first-order chi connectivity index (χ1) is 14.7. The van der Waals surface area contributed by atoms with Crippen LogP contribution in [0, 0.1) is 5.82 Å². The van der Waals surface area contributed by atoms with Crippen LogP contribution in [0.1, 0.15) is 31.1 Å². The molecule has 3 aromatic rings. The van der Waals surface area contributed by atoms with E-state index in [1.807, 2.05) is 0 Å². The van der Waals surface area contributed by atoms with Gasteiger partial charge in [-0.1, -0.05) is 6.07 Å². The molecule has 0 aromatic heterocycles. The van der Waals surface area contributed by atoms with Crippen LogP contribution in [0.2, 0.25) is 0 Å². The Hall–Kier alpha value is -4.05. The van der Waals surface area contributed by atoms with E-state index in [1.165, 1.54) is 36.4 Å². The Morgan fingerprint density at radius 2 is 1.55 bits per heavy atom. The first-order valence-electron chi connectivity index (χ1n) is 8.93. The smallest absolute Gasteiger partial charge is 0.261 e. The number of benzene rings is 3. The lowest BCUT2D eigenvalue weighted by atomic mass is 10.1. The third kappa shape index (κ3) is 4.01. The van der Waals surface area contributed by atoms with Gasteiger partial charge in [-0.05, 0) is 60.7 Å². The molecule has 0 radical (unpaired) electrons. The zero-order valence-corrected chi connectivity index (χ0v) is 16.5. The monoisotopic (exact) mass is 439 g/mol. The van der Waals surface area contributed by atoms with Crippen molar-refractivity contribution in [2.75, 3.05) is 10.0 Å². The summed E-state index contributed by atoms with van der Waals surface area (Å²) in [6.45, 7) is 0. The summed E-state index contributed by atoms with van der Waals surface area (Å²) < 4.78 is 40.1. The highest BCUT2D eigenvalue weighted by Crippen LogP contribution is 2.25. The van der Waals surface area contributed by atoms with Gasteiger partial charge in [0.25, 0.3) is 27.7 Å². The SMILES string of the molecule is O=C(Nc1cccc2c1C(=O)NC2=O)c1ccc(NS(=O)(=O)c2ccc(F)cc2)cc1. The number of carbonyl (C=O) groups is 3. The second-order valence-corrected chi connectivity index (χ2v) is 8.28. The minimum atomic E-state index is -3.92. The fraction of sp³-hybridized carbons (Fsp3) is 0. The van der Waals surface area contributed by atoms with E-state index in [1.54, 1.807) is 6.07 Å². The van der Waals surface area contributed by atoms with Crippen molar-refractivity contribution in [2.45, 2.75) is 4.90 Å². The van der Waals surface area contributed by atoms with E-state index >= 15 is 0 Å². The average Bonchev–Trinajstić information content (AvgIpc) is 3.03. The third-order valence-electron chi connectivity index (χ3n) is 4.53. The standard InChI is InChI=1S/C21H14FN3O5S/c22-13-6-10-15(11-7-13)31(29,30)25-14-8-4-12(5-9-14)19(26)23-17-3-1-2-16-18(17)21(28)24-20(16)27/h1-11,25H,(H,23,26)(H,24,27,28). The first kappa shape index (κ1) is 20.2. The summed E-state index contributed by atoms with van der Waals surface area (Å²) in [4.78, 5) is 36.1. The number of nitrogens with one attached hydrogen (secondary N) is 3. The predicted octanol–water partition coefficient (Wildman–Crippen LogP) is 2.76. The van der Waals surface area contributed by atoms with Crippen molar-refractivity contribution in [1.29, 1.82) is 0 Å². The van der Waals surface area contributed by atoms with Gasteiger partial charge in [-0.25, -0.2) is 12.8 Å². The van der Waals surface area contributed by atoms with Crippen molar-refractivity contribution >= 4 is 39.1 Å². The van der Waals surface area contributed by atoms with Gasteiger partial charge in [-0.2, -0.15) is 0 Å². The summed E-state index contributed by atoms with van der Waals surface area (Å²) >= 11 is 0. The van der Waals surface area contributed by atoms with E-state index in [-0.39, 0.29) is 33.0 Å². The molecular weight excluding hydrogens is 425 g/mol. The molecule has 1 aliphatic heterocycles. The van der Waals surface area contributed by atoms with Crippen molar-refractivity contribution in [3.63, 3.8) is 0 Å². The van der Waals surface area contributed by atoms with Gasteiger partial charge in [0.15, 0.2) is 0 Å². The maximum Gasteiger partial charge on any atom is 0.261 e. The molecule has 0 atom stereocenters. The van der Waals surface area contributed by atoms with Crippen LogP contribution in [0.15, 0.2) is 71.6 Å². The van der Waals surface area contributed by atoms with Crippen molar-refractivity contribution in [1.82, 2.24) is 5.32 Å². The van der Waals surface area contributed by atoms with Crippen LogP contribution in [0.4, 0.5) is 15.8 Å². The number of fused-ring (bicyclic) bond motifs is 1.